The van der Waals surface area contributed by atoms with E-state index in [-0.39, 0.29) is 23.7 Å². The Labute approximate surface area is 183 Å². The van der Waals surface area contributed by atoms with Crippen LogP contribution in [0.3, 0.4) is 0 Å². The molecule has 1 heterocycles. The van der Waals surface area contributed by atoms with Crippen molar-refractivity contribution in [3.63, 3.8) is 0 Å². The number of hydrogen-bond acceptors (Lipinski definition) is 2. The van der Waals surface area contributed by atoms with E-state index in [1.165, 1.54) is 27.5 Å². The molecular weight excluding hydrogens is 395 g/mol. The number of hydrogen-bond donors (Lipinski definition) is 4. The molecule has 0 aliphatic carbocycles. The number of halogens is 1. The van der Waals surface area contributed by atoms with Gasteiger partial charge in [0.15, 0.2) is 13.1 Å². The third kappa shape index (κ3) is 7.15. The van der Waals surface area contributed by atoms with Crippen LogP contribution in [0, 0.1) is 12.7 Å². The van der Waals surface area contributed by atoms with E-state index >= 15 is 0 Å². The minimum atomic E-state index is -0.323. The highest BCUT2D eigenvalue weighted by Crippen LogP contribution is 2.16. The number of quaternary nitrogens is 2. The topological polar surface area (TPSA) is 67.1 Å². The fourth-order valence-electron chi connectivity index (χ4n) is 3.97. The Morgan fingerprint density at radius 3 is 2.00 bits per heavy atom. The summed E-state index contributed by atoms with van der Waals surface area (Å²) in [7, 11) is 0. The standard InChI is InChI=1S/C24H31FN4O2/c1-3-22(19-6-4-18(2)5-7-19)27-24(31)17-29-14-12-28(13-15-29)16-23(30)26-21-10-8-20(25)9-11-21/h4-11,22H,3,12-17H2,1-2H3,(H,26,30)(H,27,31)/p+2/t22-/m1/s1. The number of amides is 2. The Morgan fingerprint density at radius 2 is 1.45 bits per heavy atom. The highest BCUT2D eigenvalue weighted by Gasteiger charge is 2.27. The zero-order valence-electron chi connectivity index (χ0n) is 18.3. The molecule has 0 saturated carbocycles. The Hall–Kier alpha value is -2.77. The first-order chi connectivity index (χ1) is 14.9. The zero-order valence-corrected chi connectivity index (χ0v) is 18.3. The molecule has 2 aromatic rings. The fourth-order valence-corrected chi connectivity index (χ4v) is 3.97. The maximum Gasteiger partial charge on any atom is 0.279 e. The average Bonchev–Trinajstić information content (AvgIpc) is 2.76. The minimum absolute atomic E-state index is 0.0366. The van der Waals surface area contributed by atoms with Crippen molar-refractivity contribution >= 4 is 17.5 Å². The SMILES string of the molecule is CC[C@@H](NC(=O)C[NH+]1CC[NH+](CC(=O)Nc2ccc(F)cc2)CC1)c1ccc(C)cc1. The zero-order chi connectivity index (χ0) is 22.2. The average molecular weight is 429 g/mol. The summed E-state index contributed by atoms with van der Waals surface area (Å²) in [5.74, 6) is -0.331. The van der Waals surface area contributed by atoms with Crippen LogP contribution in [0.15, 0.2) is 48.5 Å². The summed E-state index contributed by atoms with van der Waals surface area (Å²) in [6.07, 6.45) is 0.852. The van der Waals surface area contributed by atoms with E-state index < -0.39 is 0 Å². The molecule has 0 bridgehead atoms. The molecule has 0 radical (unpaired) electrons. The molecule has 3 rings (SSSR count). The van der Waals surface area contributed by atoms with Crippen LogP contribution in [-0.4, -0.2) is 51.1 Å². The van der Waals surface area contributed by atoms with E-state index in [4.69, 9.17) is 0 Å². The van der Waals surface area contributed by atoms with Gasteiger partial charge >= 0.3 is 0 Å². The van der Waals surface area contributed by atoms with Crippen LogP contribution in [0.2, 0.25) is 0 Å². The maximum atomic E-state index is 13.0. The lowest BCUT2D eigenvalue weighted by atomic mass is 10.0. The summed E-state index contributed by atoms with van der Waals surface area (Å²) in [4.78, 5) is 27.3. The van der Waals surface area contributed by atoms with Gasteiger partial charge in [0.1, 0.15) is 32.0 Å². The lowest BCUT2D eigenvalue weighted by molar-refractivity contribution is -1.00. The first-order valence-electron chi connectivity index (χ1n) is 11.0. The number of anilines is 1. The summed E-state index contributed by atoms with van der Waals surface area (Å²) < 4.78 is 13.0. The predicted octanol–water partition coefficient (Wildman–Crippen LogP) is 0.124. The van der Waals surface area contributed by atoms with Gasteiger partial charge in [-0.15, -0.1) is 0 Å². The molecule has 0 aromatic heterocycles. The smallest absolute Gasteiger partial charge is 0.279 e. The van der Waals surface area contributed by atoms with E-state index in [2.05, 4.69) is 48.7 Å². The molecule has 4 N–H and O–H groups in total. The summed E-state index contributed by atoms with van der Waals surface area (Å²) in [5.41, 5.74) is 2.95. The number of carbonyl (C=O) groups excluding carboxylic acids is 2. The van der Waals surface area contributed by atoms with Crippen molar-refractivity contribution in [2.45, 2.75) is 26.3 Å². The molecule has 6 nitrogen and oxygen atoms in total. The van der Waals surface area contributed by atoms with Gasteiger partial charge in [-0.1, -0.05) is 36.8 Å². The van der Waals surface area contributed by atoms with Gasteiger partial charge in [-0.25, -0.2) is 4.39 Å². The summed E-state index contributed by atoms with van der Waals surface area (Å²) >= 11 is 0. The van der Waals surface area contributed by atoms with Crippen molar-refractivity contribution < 1.29 is 23.8 Å². The number of rotatable bonds is 8. The normalized spacial score (nSPS) is 19.5. The molecule has 0 spiro atoms. The molecule has 7 heteroatoms. The van der Waals surface area contributed by atoms with Gasteiger partial charge in [-0.2, -0.15) is 0 Å². The monoisotopic (exact) mass is 428 g/mol. The van der Waals surface area contributed by atoms with Gasteiger partial charge in [-0.05, 0) is 43.2 Å². The van der Waals surface area contributed by atoms with Crippen molar-refractivity contribution in [3.8, 4) is 0 Å². The van der Waals surface area contributed by atoms with E-state index in [1.807, 2.05) is 0 Å². The van der Waals surface area contributed by atoms with Crippen molar-refractivity contribution in [2.24, 2.45) is 0 Å². The Kier molecular flexibility index (Phi) is 8.14. The largest absolute Gasteiger partial charge is 0.344 e. The second-order valence-corrected chi connectivity index (χ2v) is 8.35. The van der Waals surface area contributed by atoms with Crippen LogP contribution in [0.4, 0.5) is 10.1 Å². The number of nitrogens with one attached hydrogen (secondary N) is 4. The predicted molar refractivity (Wildman–Crippen MR) is 119 cm³/mol. The highest BCUT2D eigenvalue weighted by molar-refractivity contribution is 5.91. The Bertz CT molecular complexity index is 862. The molecular formula is C24H33FN4O2+2. The Morgan fingerprint density at radius 1 is 0.903 bits per heavy atom. The number of carbonyl (C=O) groups is 2. The van der Waals surface area contributed by atoms with Gasteiger partial charge in [0.25, 0.3) is 11.8 Å². The first kappa shape index (κ1) is 22.9. The maximum absolute atomic E-state index is 13.0. The van der Waals surface area contributed by atoms with Crippen LogP contribution in [0.25, 0.3) is 0 Å². The number of benzene rings is 2. The molecule has 1 saturated heterocycles. The fraction of sp³-hybridized carbons (Fsp3) is 0.417. The molecule has 166 valence electrons. The van der Waals surface area contributed by atoms with Gasteiger partial charge in [0, 0.05) is 5.69 Å². The highest BCUT2D eigenvalue weighted by atomic mass is 19.1. The number of aryl methyl sites for hydroxylation is 1. The summed E-state index contributed by atoms with van der Waals surface area (Å²) in [6.45, 7) is 8.36. The molecule has 31 heavy (non-hydrogen) atoms. The van der Waals surface area contributed by atoms with Crippen molar-refractivity contribution in [1.29, 1.82) is 0 Å². The van der Waals surface area contributed by atoms with Crippen LogP contribution in [0.5, 0.6) is 0 Å². The van der Waals surface area contributed by atoms with Crippen molar-refractivity contribution in [3.05, 3.63) is 65.5 Å². The molecule has 2 amide bonds. The van der Waals surface area contributed by atoms with E-state index in [1.54, 1.807) is 12.1 Å². The van der Waals surface area contributed by atoms with Crippen LogP contribution in [0.1, 0.15) is 30.5 Å². The van der Waals surface area contributed by atoms with Gasteiger partial charge in [0.05, 0.1) is 6.04 Å². The van der Waals surface area contributed by atoms with Crippen molar-refractivity contribution in [1.82, 2.24) is 5.32 Å². The van der Waals surface area contributed by atoms with Gasteiger partial charge in [-0.3, -0.25) is 9.59 Å². The molecule has 0 unspecified atom stereocenters. The second-order valence-electron chi connectivity index (χ2n) is 8.35. The van der Waals surface area contributed by atoms with Gasteiger partial charge < -0.3 is 20.4 Å². The summed E-state index contributed by atoms with van der Waals surface area (Å²) in [6, 6.07) is 14.1. The minimum Gasteiger partial charge on any atom is -0.344 e. The van der Waals surface area contributed by atoms with Crippen LogP contribution >= 0.6 is 0 Å². The van der Waals surface area contributed by atoms with Gasteiger partial charge in [0.2, 0.25) is 0 Å². The first-order valence-corrected chi connectivity index (χ1v) is 11.0. The Balaban J connectivity index is 1.39. The lowest BCUT2D eigenvalue weighted by Gasteiger charge is -2.29. The quantitative estimate of drug-likeness (QED) is 0.483. The third-order valence-corrected chi connectivity index (χ3v) is 5.84. The van der Waals surface area contributed by atoms with Crippen molar-refractivity contribution in [2.75, 3.05) is 44.6 Å². The lowest BCUT2D eigenvalue weighted by Crippen LogP contribution is -3.28. The molecule has 1 atom stereocenters. The third-order valence-electron chi connectivity index (χ3n) is 5.84. The number of piperazine rings is 1. The van der Waals surface area contributed by atoms with Crippen LogP contribution in [-0.2, 0) is 9.59 Å². The molecule has 2 aromatic carbocycles. The van der Waals surface area contributed by atoms with E-state index in [0.717, 1.165) is 38.2 Å². The molecule has 1 fully saturated rings. The molecule has 1 aliphatic rings. The van der Waals surface area contributed by atoms with E-state index in [9.17, 15) is 14.0 Å². The molecule has 1 aliphatic heterocycles. The van der Waals surface area contributed by atoms with Crippen LogP contribution < -0.4 is 20.4 Å². The summed E-state index contributed by atoms with van der Waals surface area (Å²) in [5, 5.41) is 5.98. The van der Waals surface area contributed by atoms with E-state index in [0.29, 0.717) is 18.8 Å². The second kappa shape index (κ2) is 11.0.